The van der Waals surface area contributed by atoms with Gasteiger partial charge in [-0.2, -0.15) is 0 Å². The number of piperazine rings is 1. The first-order valence-corrected chi connectivity index (χ1v) is 8.09. The quantitative estimate of drug-likeness (QED) is 0.824. The zero-order valence-electron chi connectivity index (χ0n) is 13.9. The summed E-state index contributed by atoms with van der Waals surface area (Å²) in [5.74, 6) is -2.01. The highest BCUT2D eigenvalue weighted by Crippen LogP contribution is 2.18. The van der Waals surface area contributed by atoms with E-state index in [4.69, 9.17) is 0 Å². The molecule has 2 amide bonds. The molecule has 5 nitrogen and oxygen atoms in total. The third-order valence-electron chi connectivity index (χ3n) is 3.93. The Morgan fingerprint density at radius 2 is 2.17 bits per heavy atom. The average molecular weight is 339 g/mol. The summed E-state index contributed by atoms with van der Waals surface area (Å²) < 4.78 is 27.2. The van der Waals surface area contributed by atoms with Crippen molar-refractivity contribution < 1.29 is 18.4 Å². The minimum atomic E-state index is -0.916. The van der Waals surface area contributed by atoms with E-state index in [2.05, 4.69) is 10.6 Å². The van der Waals surface area contributed by atoms with Crippen molar-refractivity contribution >= 4 is 11.8 Å². The van der Waals surface area contributed by atoms with Crippen LogP contribution in [-0.4, -0.2) is 42.4 Å². The molecule has 1 aliphatic heterocycles. The van der Waals surface area contributed by atoms with Gasteiger partial charge in [0.25, 0.3) is 0 Å². The Balaban J connectivity index is 2.07. The Labute approximate surface area is 140 Å². The first kappa shape index (κ1) is 18.3. The molecule has 1 atom stereocenters. The standard InChI is InChI=1S/C17H23F2N3O2/c1-11(2)9-21-15(23)8-14-17(24)20-6-7-22(14)10-12-4-3-5-13(18)16(12)19/h3-5,11,14H,6-10H2,1-2H3,(H,20,24)(H,21,23)/t14-/m0/s1. The molecule has 1 fully saturated rings. The lowest BCUT2D eigenvalue weighted by molar-refractivity contribution is -0.134. The number of benzene rings is 1. The van der Waals surface area contributed by atoms with Crippen LogP contribution in [0.15, 0.2) is 18.2 Å². The highest BCUT2D eigenvalue weighted by atomic mass is 19.2. The summed E-state index contributed by atoms with van der Waals surface area (Å²) in [5.41, 5.74) is 0.178. The van der Waals surface area contributed by atoms with E-state index in [1.54, 1.807) is 4.90 Å². The molecule has 0 aromatic heterocycles. The first-order chi connectivity index (χ1) is 11.4. The molecule has 1 heterocycles. The lowest BCUT2D eigenvalue weighted by atomic mass is 10.1. The molecular formula is C17H23F2N3O2. The van der Waals surface area contributed by atoms with Crippen molar-refractivity contribution in [1.82, 2.24) is 15.5 Å². The number of amides is 2. The van der Waals surface area contributed by atoms with Crippen molar-refractivity contribution in [1.29, 1.82) is 0 Å². The number of nitrogens with zero attached hydrogens (tertiary/aromatic N) is 1. The number of hydrogen-bond acceptors (Lipinski definition) is 3. The minimum Gasteiger partial charge on any atom is -0.356 e. The van der Waals surface area contributed by atoms with Crippen LogP contribution in [0.25, 0.3) is 0 Å². The molecule has 2 rings (SSSR count). The molecule has 132 valence electrons. The molecule has 1 saturated heterocycles. The first-order valence-electron chi connectivity index (χ1n) is 8.09. The molecule has 0 saturated carbocycles. The molecule has 1 aliphatic rings. The van der Waals surface area contributed by atoms with E-state index in [-0.39, 0.29) is 30.3 Å². The Kier molecular flexibility index (Phi) is 6.25. The van der Waals surface area contributed by atoms with Crippen molar-refractivity contribution in [3.8, 4) is 0 Å². The highest BCUT2D eigenvalue weighted by molar-refractivity contribution is 5.88. The maximum Gasteiger partial charge on any atom is 0.237 e. The van der Waals surface area contributed by atoms with Crippen LogP contribution in [0.4, 0.5) is 8.78 Å². The van der Waals surface area contributed by atoms with Crippen molar-refractivity contribution in [2.75, 3.05) is 19.6 Å². The zero-order chi connectivity index (χ0) is 17.7. The van der Waals surface area contributed by atoms with Gasteiger partial charge in [-0.3, -0.25) is 14.5 Å². The SMILES string of the molecule is CC(C)CNC(=O)C[C@H]1C(=O)NCCN1Cc1cccc(F)c1F. The summed E-state index contributed by atoms with van der Waals surface area (Å²) in [7, 11) is 0. The van der Waals surface area contributed by atoms with E-state index in [9.17, 15) is 18.4 Å². The van der Waals surface area contributed by atoms with Crippen molar-refractivity contribution in [3.63, 3.8) is 0 Å². The normalized spacial score (nSPS) is 18.5. The molecule has 24 heavy (non-hydrogen) atoms. The van der Waals surface area contributed by atoms with E-state index >= 15 is 0 Å². The second-order valence-corrected chi connectivity index (χ2v) is 6.39. The van der Waals surface area contributed by atoms with Crippen molar-refractivity contribution in [3.05, 3.63) is 35.4 Å². The van der Waals surface area contributed by atoms with Gasteiger partial charge >= 0.3 is 0 Å². The monoisotopic (exact) mass is 339 g/mol. The fraction of sp³-hybridized carbons (Fsp3) is 0.529. The predicted molar refractivity (Wildman–Crippen MR) is 86.0 cm³/mol. The van der Waals surface area contributed by atoms with Crippen LogP contribution in [0.2, 0.25) is 0 Å². The Morgan fingerprint density at radius 3 is 2.88 bits per heavy atom. The number of nitrogens with one attached hydrogen (secondary N) is 2. The zero-order valence-corrected chi connectivity index (χ0v) is 13.9. The largest absolute Gasteiger partial charge is 0.356 e. The van der Waals surface area contributed by atoms with Gasteiger partial charge in [0.1, 0.15) is 0 Å². The molecule has 0 radical (unpaired) electrons. The Morgan fingerprint density at radius 1 is 1.42 bits per heavy atom. The van der Waals surface area contributed by atoms with Crippen molar-refractivity contribution in [2.45, 2.75) is 32.9 Å². The predicted octanol–water partition coefficient (Wildman–Crippen LogP) is 1.43. The molecule has 0 bridgehead atoms. The second kappa shape index (κ2) is 8.19. The van der Waals surface area contributed by atoms with Gasteiger partial charge < -0.3 is 10.6 Å². The molecule has 2 N–H and O–H groups in total. The van der Waals surface area contributed by atoms with Crippen LogP contribution in [0.3, 0.4) is 0 Å². The van der Waals surface area contributed by atoms with Crippen LogP contribution in [0, 0.1) is 17.6 Å². The maximum absolute atomic E-state index is 13.9. The number of carbonyl (C=O) groups excluding carboxylic acids is 2. The smallest absolute Gasteiger partial charge is 0.237 e. The van der Waals surface area contributed by atoms with Gasteiger partial charge in [-0.1, -0.05) is 26.0 Å². The summed E-state index contributed by atoms with van der Waals surface area (Å²) in [4.78, 5) is 25.9. The lowest BCUT2D eigenvalue weighted by Crippen LogP contribution is -2.56. The van der Waals surface area contributed by atoms with Crippen LogP contribution < -0.4 is 10.6 Å². The molecular weight excluding hydrogens is 316 g/mol. The average Bonchev–Trinajstić information content (AvgIpc) is 2.53. The molecule has 0 unspecified atom stereocenters. The van der Waals surface area contributed by atoms with E-state index in [0.29, 0.717) is 25.6 Å². The van der Waals surface area contributed by atoms with Crippen LogP contribution in [0.1, 0.15) is 25.8 Å². The van der Waals surface area contributed by atoms with Gasteiger partial charge in [0, 0.05) is 31.7 Å². The fourth-order valence-electron chi connectivity index (χ4n) is 2.63. The van der Waals surface area contributed by atoms with E-state index in [1.807, 2.05) is 13.8 Å². The third kappa shape index (κ3) is 4.74. The lowest BCUT2D eigenvalue weighted by Gasteiger charge is -2.34. The number of rotatable bonds is 6. The summed E-state index contributed by atoms with van der Waals surface area (Å²) in [6.45, 7) is 5.47. The van der Waals surface area contributed by atoms with Crippen LogP contribution in [-0.2, 0) is 16.1 Å². The molecule has 0 aliphatic carbocycles. The second-order valence-electron chi connectivity index (χ2n) is 6.39. The summed E-state index contributed by atoms with van der Waals surface area (Å²) in [6.07, 6.45) is -0.00448. The van der Waals surface area contributed by atoms with Crippen LogP contribution >= 0.6 is 0 Å². The van der Waals surface area contributed by atoms with Gasteiger partial charge in [0.2, 0.25) is 11.8 Å². The number of halogens is 2. The van der Waals surface area contributed by atoms with Gasteiger partial charge in [-0.15, -0.1) is 0 Å². The van der Waals surface area contributed by atoms with E-state index in [0.717, 1.165) is 6.07 Å². The highest BCUT2D eigenvalue weighted by Gasteiger charge is 2.32. The van der Waals surface area contributed by atoms with Gasteiger partial charge in [-0.05, 0) is 12.0 Å². The van der Waals surface area contributed by atoms with Gasteiger partial charge in [-0.25, -0.2) is 8.78 Å². The molecule has 1 aromatic carbocycles. The topological polar surface area (TPSA) is 61.4 Å². The summed E-state index contributed by atoms with van der Waals surface area (Å²) in [6, 6.07) is 3.29. The van der Waals surface area contributed by atoms with E-state index in [1.165, 1.54) is 12.1 Å². The third-order valence-corrected chi connectivity index (χ3v) is 3.93. The molecule has 1 aromatic rings. The molecule has 7 heteroatoms. The van der Waals surface area contributed by atoms with Crippen LogP contribution in [0.5, 0.6) is 0 Å². The maximum atomic E-state index is 13.9. The minimum absolute atomic E-state index is 0.00448. The Hall–Kier alpha value is -2.02. The summed E-state index contributed by atoms with van der Waals surface area (Å²) in [5, 5.41) is 5.49. The van der Waals surface area contributed by atoms with E-state index < -0.39 is 17.7 Å². The number of hydrogen-bond donors (Lipinski definition) is 2. The summed E-state index contributed by atoms with van der Waals surface area (Å²) >= 11 is 0. The van der Waals surface area contributed by atoms with Gasteiger partial charge in [0.15, 0.2) is 11.6 Å². The Bertz CT molecular complexity index is 607. The molecule has 0 spiro atoms. The van der Waals surface area contributed by atoms with Gasteiger partial charge in [0.05, 0.1) is 12.5 Å². The number of carbonyl (C=O) groups is 2. The van der Waals surface area contributed by atoms with Crippen molar-refractivity contribution in [2.24, 2.45) is 5.92 Å². The fourth-order valence-corrected chi connectivity index (χ4v) is 2.63.